The Hall–Kier alpha value is -3.77. The number of nitrogens with one attached hydrogen (secondary N) is 2. The minimum absolute atomic E-state index is 0.112. The van der Waals surface area contributed by atoms with Crippen LogP contribution in [0.25, 0.3) is 11.2 Å². The number of rotatable bonds is 7. The number of imidazole rings is 1. The fourth-order valence-corrected chi connectivity index (χ4v) is 4.15. The van der Waals surface area contributed by atoms with Crippen molar-refractivity contribution in [3.63, 3.8) is 0 Å². The predicted octanol–water partition coefficient (Wildman–Crippen LogP) is 0.748. The van der Waals surface area contributed by atoms with E-state index in [2.05, 4.69) is 25.6 Å². The summed E-state index contributed by atoms with van der Waals surface area (Å²) >= 11 is 0. The third-order valence-electron chi connectivity index (χ3n) is 5.78. The standard InChI is InChI=1S/C22H27N7O5/c1-3-24-20(32)13-9-14(17(31)16(13)30)29-10-25-15-18(23)27-22(28-19(15)29)26-12-7-5-6-11(8-12)21(33)34-4-2/h5-8,10,13-14,16-17,30-31H,3-4,9H2,1-2H3,(H,24,32)(H3,23,26,27,28)/t13-,14+,16+,17-/m0/s1. The molecule has 1 saturated carbocycles. The zero-order valence-corrected chi connectivity index (χ0v) is 18.8. The molecule has 0 saturated heterocycles. The molecule has 3 aromatic rings. The van der Waals surface area contributed by atoms with Crippen molar-refractivity contribution in [1.82, 2.24) is 24.8 Å². The van der Waals surface area contributed by atoms with Gasteiger partial charge < -0.3 is 35.9 Å². The van der Waals surface area contributed by atoms with Crippen LogP contribution in [0.1, 0.15) is 36.7 Å². The highest BCUT2D eigenvalue weighted by molar-refractivity contribution is 5.91. The van der Waals surface area contributed by atoms with Gasteiger partial charge in [-0.15, -0.1) is 0 Å². The summed E-state index contributed by atoms with van der Waals surface area (Å²) in [5.74, 6) is -1.27. The Kier molecular flexibility index (Phi) is 6.61. The number of aliphatic hydroxyl groups is 2. The Labute approximate surface area is 195 Å². The number of carbonyl (C=O) groups excluding carboxylic acids is 2. The van der Waals surface area contributed by atoms with Gasteiger partial charge in [-0.05, 0) is 38.5 Å². The summed E-state index contributed by atoms with van der Waals surface area (Å²) in [5, 5.41) is 26.8. The van der Waals surface area contributed by atoms with E-state index in [1.807, 2.05) is 0 Å². The van der Waals surface area contributed by atoms with Crippen LogP contribution in [-0.4, -0.2) is 67.0 Å². The van der Waals surface area contributed by atoms with Gasteiger partial charge in [-0.25, -0.2) is 9.78 Å². The van der Waals surface area contributed by atoms with Gasteiger partial charge in [-0.3, -0.25) is 4.79 Å². The molecule has 0 bridgehead atoms. The summed E-state index contributed by atoms with van der Waals surface area (Å²) in [6, 6.07) is 6.03. The Morgan fingerprint density at radius 2 is 2.03 bits per heavy atom. The Bertz CT molecular complexity index is 1210. The third kappa shape index (κ3) is 4.37. The van der Waals surface area contributed by atoms with Crippen LogP contribution in [-0.2, 0) is 9.53 Å². The number of anilines is 3. The molecule has 180 valence electrons. The number of hydrogen-bond acceptors (Lipinski definition) is 10. The van der Waals surface area contributed by atoms with E-state index in [0.29, 0.717) is 29.0 Å². The van der Waals surface area contributed by atoms with Crippen LogP contribution in [0.15, 0.2) is 30.6 Å². The Morgan fingerprint density at radius 1 is 1.24 bits per heavy atom. The van der Waals surface area contributed by atoms with Gasteiger partial charge in [0.15, 0.2) is 11.5 Å². The van der Waals surface area contributed by atoms with Gasteiger partial charge in [0.2, 0.25) is 11.9 Å². The van der Waals surface area contributed by atoms with Crippen molar-refractivity contribution >= 4 is 40.5 Å². The van der Waals surface area contributed by atoms with Crippen molar-refractivity contribution in [1.29, 1.82) is 0 Å². The first-order chi connectivity index (χ1) is 16.3. The van der Waals surface area contributed by atoms with Crippen molar-refractivity contribution in [3.8, 4) is 0 Å². The van der Waals surface area contributed by atoms with Crippen LogP contribution in [0.2, 0.25) is 0 Å². The fourth-order valence-electron chi connectivity index (χ4n) is 4.15. The first kappa shape index (κ1) is 23.4. The van der Waals surface area contributed by atoms with E-state index in [9.17, 15) is 19.8 Å². The number of esters is 1. The summed E-state index contributed by atoms with van der Waals surface area (Å²) < 4.78 is 6.63. The van der Waals surface area contributed by atoms with Gasteiger partial charge in [-0.1, -0.05) is 6.07 Å². The van der Waals surface area contributed by atoms with Crippen molar-refractivity contribution in [2.75, 3.05) is 24.2 Å². The summed E-state index contributed by atoms with van der Waals surface area (Å²) in [5.41, 5.74) is 7.68. The number of nitrogens with two attached hydrogens (primary N) is 1. The minimum atomic E-state index is -1.23. The van der Waals surface area contributed by atoms with Crippen LogP contribution in [0.3, 0.4) is 0 Å². The zero-order chi connectivity index (χ0) is 24.4. The maximum absolute atomic E-state index is 12.3. The maximum Gasteiger partial charge on any atom is 0.338 e. The third-order valence-corrected chi connectivity index (χ3v) is 5.78. The first-order valence-corrected chi connectivity index (χ1v) is 11.0. The molecule has 0 radical (unpaired) electrons. The lowest BCUT2D eigenvalue weighted by molar-refractivity contribution is -0.128. The smallest absolute Gasteiger partial charge is 0.338 e. The number of nitrogen functional groups attached to an aromatic ring is 1. The molecular weight excluding hydrogens is 442 g/mol. The van der Waals surface area contributed by atoms with Crippen LogP contribution in [0.5, 0.6) is 0 Å². The monoisotopic (exact) mass is 469 g/mol. The molecule has 12 nitrogen and oxygen atoms in total. The Morgan fingerprint density at radius 3 is 2.76 bits per heavy atom. The highest BCUT2D eigenvalue weighted by Crippen LogP contribution is 2.37. The summed E-state index contributed by atoms with van der Waals surface area (Å²) in [6.07, 6.45) is -0.759. The SMILES string of the molecule is CCNC(=O)[C@H]1C[C@@H](n2cnc3c(N)nc(Nc4cccc(C(=O)OCC)c4)nc32)[C@H](O)[C@@H]1O. The van der Waals surface area contributed by atoms with Crippen molar-refractivity contribution in [2.24, 2.45) is 5.92 Å². The number of ether oxygens (including phenoxy) is 1. The second-order valence-corrected chi connectivity index (χ2v) is 7.97. The van der Waals surface area contributed by atoms with E-state index in [1.165, 1.54) is 6.33 Å². The lowest BCUT2D eigenvalue weighted by atomic mass is 10.0. The van der Waals surface area contributed by atoms with Crippen molar-refractivity contribution in [3.05, 3.63) is 36.2 Å². The van der Waals surface area contributed by atoms with Crippen molar-refractivity contribution < 1.29 is 24.5 Å². The van der Waals surface area contributed by atoms with Gasteiger partial charge in [0.1, 0.15) is 11.6 Å². The maximum atomic E-state index is 12.3. The molecular formula is C22H27N7O5. The normalized spacial score (nSPS) is 22.0. The average Bonchev–Trinajstić information content (AvgIpc) is 3.36. The van der Waals surface area contributed by atoms with Crippen LogP contribution in [0, 0.1) is 5.92 Å². The number of aliphatic hydroxyl groups excluding tert-OH is 2. The van der Waals surface area contributed by atoms with Crippen LogP contribution >= 0.6 is 0 Å². The van der Waals surface area contributed by atoms with E-state index in [1.54, 1.807) is 42.7 Å². The number of aromatic nitrogens is 4. The van der Waals surface area contributed by atoms with Crippen molar-refractivity contribution in [2.45, 2.75) is 38.5 Å². The number of carbonyl (C=O) groups is 2. The molecule has 34 heavy (non-hydrogen) atoms. The molecule has 0 spiro atoms. The molecule has 4 rings (SSSR count). The second-order valence-electron chi connectivity index (χ2n) is 7.97. The van der Waals surface area contributed by atoms with E-state index >= 15 is 0 Å². The van der Waals surface area contributed by atoms with Crippen LogP contribution < -0.4 is 16.4 Å². The van der Waals surface area contributed by atoms with E-state index in [4.69, 9.17) is 10.5 Å². The largest absolute Gasteiger partial charge is 0.462 e. The van der Waals surface area contributed by atoms with Crippen LogP contribution in [0.4, 0.5) is 17.5 Å². The second kappa shape index (κ2) is 9.61. The lowest BCUT2D eigenvalue weighted by Gasteiger charge is -2.18. The van der Waals surface area contributed by atoms with E-state index < -0.39 is 30.1 Å². The quantitative estimate of drug-likeness (QED) is 0.310. The average molecular weight is 470 g/mol. The molecule has 1 fully saturated rings. The number of fused-ring (bicyclic) bond motifs is 1. The summed E-state index contributed by atoms with van der Waals surface area (Å²) in [6.45, 7) is 4.20. The molecule has 6 N–H and O–H groups in total. The number of nitrogens with zero attached hydrogens (tertiary/aromatic N) is 4. The Balaban J connectivity index is 1.64. The lowest BCUT2D eigenvalue weighted by Crippen LogP contribution is -2.38. The minimum Gasteiger partial charge on any atom is -0.462 e. The first-order valence-electron chi connectivity index (χ1n) is 11.0. The molecule has 1 amide bonds. The topological polar surface area (TPSA) is 178 Å². The molecule has 2 heterocycles. The number of benzene rings is 1. The molecule has 0 unspecified atom stereocenters. The highest BCUT2D eigenvalue weighted by Gasteiger charge is 2.46. The van der Waals surface area contributed by atoms with Gasteiger partial charge >= 0.3 is 5.97 Å². The van der Waals surface area contributed by atoms with Gasteiger partial charge in [-0.2, -0.15) is 9.97 Å². The number of amides is 1. The molecule has 4 atom stereocenters. The fraction of sp³-hybridized carbons (Fsp3) is 0.409. The highest BCUT2D eigenvalue weighted by atomic mass is 16.5. The molecule has 0 aliphatic heterocycles. The molecule has 2 aromatic heterocycles. The predicted molar refractivity (Wildman–Crippen MR) is 123 cm³/mol. The number of hydrogen-bond donors (Lipinski definition) is 5. The molecule has 1 aliphatic rings. The zero-order valence-electron chi connectivity index (χ0n) is 18.8. The van der Waals surface area contributed by atoms with E-state index in [-0.39, 0.29) is 30.7 Å². The summed E-state index contributed by atoms with van der Waals surface area (Å²) in [7, 11) is 0. The summed E-state index contributed by atoms with van der Waals surface area (Å²) in [4.78, 5) is 37.3. The molecule has 1 aliphatic carbocycles. The molecule has 12 heteroatoms. The molecule has 1 aromatic carbocycles. The van der Waals surface area contributed by atoms with Gasteiger partial charge in [0.25, 0.3) is 0 Å². The van der Waals surface area contributed by atoms with Gasteiger partial charge in [0.05, 0.1) is 36.6 Å². The van der Waals surface area contributed by atoms with Gasteiger partial charge in [0, 0.05) is 12.2 Å². The van der Waals surface area contributed by atoms with E-state index in [0.717, 1.165) is 0 Å².